The van der Waals surface area contributed by atoms with Crippen molar-refractivity contribution < 1.29 is 38.4 Å². The van der Waals surface area contributed by atoms with Crippen molar-refractivity contribution in [3.8, 4) is 34.5 Å². The van der Waals surface area contributed by atoms with E-state index in [4.69, 9.17) is 23.7 Å². The lowest BCUT2D eigenvalue weighted by Gasteiger charge is -2.22. The molecule has 1 saturated heterocycles. The van der Waals surface area contributed by atoms with Crippen molar-refractivity contribution in [2.45, 2.75) is 19.3 Å². The van der Waals surface area contributed by atoms with Gasteiger partial charge in [-0.25, -0.2) is 0 Å². The fourth-order valence-electron chi connectivity index (χ4n) is 4.92. The summed E-state index contributed by atoms with van der Waals surface area (Å²) in [5.74, 6) is 1.15. The molecule has 3 rings (SSSR count). The topological polar surface area (TPSA) is 131 Å². The van der Waals surface area contributed by atoms with Gasteiger partial charge in [0, 0.05) is 37.3 Å². The number of phenols is 1. The average molecular weight is 589 g/mol. The third-order valence-corrected chi connectivity index (χ3v) is 7.22. The van der Waals surface area contributed by atoms with Crippen molar-refractivity contribution in [1.82, 2.24) is 20.4 Å². The van der Waals surface area contributed by atoms with Crippen LogP contribution in [0.25, 0.3) is 0 Å². The molecule has 0 radical (unpaired) electrons. The number of ether oxygens (including phenoxy) is 5. The van der Waals surface area contributed by atoms with Crippen molar-refractivity contribution in [1.29, 1.82) is 0 Å². The van der Waals surface area contributed by atoms with Gasteiger partial charge >= 0.3 is 0 Å². The second-order valence-electron chi connectivity index (χ2n) is 9.90. The molecule has 42 heavy (non-hydrogen) atoms. The SMILES string of the molecule is COc1cc(C(=O)NCCCN2CCCN(CCCNC(=O)c3cc(OC)c(OC)c(OC)c3)CC2)cc(OC)c1O. The number of carbonyl (C=O) groups is 2. The first-order valence-corrected chi connectivity index (χ1v) is 14.1. The molecule has 1 heterocycles. The minimum atomic E-state index is -0.244. The monoisotopic (exact) mass is 588 g/mol. The number of benzene rings is 2. The zero-order chi connectivity index (χ0) is 30.5. The molecule has 2 aromatic carbocycles. The normalized spacial score (nSPS) is 14.0. The maximum Gasteiger partial charge on any atom is 0.251 e. The number of nitrogens with one attached hydrogen (secondary N) is 2. The van der Waals surface area contributed by atoms with E-state index in [-0.39, 0.29) is 29.1 Å². The Morgan fingerprint density at radius 1 is 0.667 bits per heavy atom. The first-order chi connectivity index (χ1) is 20.3. The summed E-state index contributed by atoms with van der Waals surface area (Å²) in [4.78, 5) is 30.2. The lowest BCUT2D eigenvalue weighted by Crippen LogP contribution is -2.34. The first kappa shape index (κ1) is 32.6. The number of aromatic hydroxyl groups is 1. The van der Waals surface area contributed by atoms with Gasteiger partial charge in [0.05, 0.1) is 35.5 Å². The quantitative estimate of drug-likeness (QED) is 0.267. The van der Waals surface area contributed by atoms with E-state index in [2.05, 4.69) is 20.4 Å². The van der Waals surface area contributed by atoms with Crippen molar-refractivity contribution in [2.75, 3.05) is 87.9 Å². The molecule has 2 aromatic rings. The number of hydrogen-bond acceptors (Lipinski definition) is 10. The van der Waals surface area contributed by atoms with Gasteiger partial charge in [-0.1, -0.05) is 0 Å². The molecule has 0 atom stereocenters. The number of hydrogen-bond donors (Lipinski definition) is 3. The number of phenolic OH excluding ortho intramolecular Hbond substituents is 1. The third kappa shape index (κ3) is 8.80. The molecule has 12 nitrogen and oxygen atoms in total. The van der Waals surface area contributed by atoms with Gasteiger partial charge < -0.3 is 49.2 Å². The summed E-state index contributed by atoms with van der Waals surface area (Å²) in [5.41, 5.74) is 0.820. The summed E-state index contributed by atoms with van der Waals surface area (Å²) in [6.07, 6.45) is 2.73. The smallest absolute Gasteiger partial charge is 0.251 e. The van der Waals surface area contributed by atoms with Crippen molar-refractivity contribution in [2.24, 2.45) is 0 Å². The molecule has 0 aliphatic carbocycles. The van der Waals surface area contributed by atoms with Crippen molar-refractivity contribution >= 4 is 11.8 Å². The fourth-order valence-corrected chi connectivity index (χ4v) is 4.92. The maximum absolute atomic E-state index is 12.7. The molecular weight excluding hydrogens is 544 g/mol. The highest BCUT2D eigenvalue weighted by Crippen LogP contribution is 2.38. The van der Waals surface area contributed by atoms with Crippen molar-refractivity contribution in [3.63, 3.8) is 0 Å². The fraction of sp³-hybridized carbons (Fsp3) is 0.533. The molecule has 232 valence electrons. The van der Waals surface area contributed by atoms with E-state index in [1.54, 1.807) is 12.1 Å². The van der Waals surface area contributed by atoms with Crippen LogP contribution in [0.3, 0.4) is 0 Å². The van der Waals surface area contributed by atoms with Crippen LogP contribution in [-0.4, -0.2) is 115 Å². The molecule has 3 N–H and O–H groups in total. The van der Waals surface area contributed by atoms with Crippen LogP contribution in [0.2, 0.25) is 0 Å². The van der Waals surface area contributed by atoms with Gasteiger partial charge in [0.25, 0.3) is 11.8 Å². The molecule has 0 spiro atoms. The Morgan fingerprint density at radius 3 is 1.45 bits per heavy atom. The predicted octanol–water partition coefficient (Wildman–Crippen LogP) is 2.38. The summed E-state index contributed by atoms with van der Waals surface area (Å²) in [5, 5.41) is 16.0. The first-order valence-electron chi connectivity index (χ1n) is 14.1. The highest BCUT2D eigenvalue weighted by atomic mass is 16.5. The van der Waals surface area contributed by atoms with E-state index in [1.807, 2.05) is 0 Å². The molecule has 0 aromatic heterocycles. The zero-order valence-electron chi connectivity index (χ0n) is 25.3. The highest BCUT2D eigenvalue weighted by Gasteiger charge is 2.19. The summed E-state index contributed by atoms with van der Waals surface area (Å²) in [6.45, 7) is 6.83. The van der Waals surface area contributed by atoms with Gasteiger partial charge in [-0.3, -0.25) is 9.59 Å². The standard InChI is InChI=1S/C30H44N4O8/c1-38-23-17-21(18-24(39-2)27(23)35)29(36)31-9-6-11-33-13-8-14-34(16-15-33)12-7-10-32-30(37)22-19-25(40-3)28(42-5)26(20-22)41-4/h17-20,35H,6-16H2,1-5H3,(H,31,36)(H,32,37). The molecule has 1 aliphatic heterocycles. The van der Waals surface area contributed by atoms with Gasteiger partial charge in [0.1, 0.15) is 0 Å². The molecule has 0 bridgehead atoms. The van der Waals surface area contributed by atoms with Crippen LogP contribution in [0.5, 0.6) is 34.5 Å². The van der Waals surface area contributed by atoms with Crippen LogP contribution >= 0.6 is 0 Å². The van der Waals surface area contributed by atoms with E-state index >= 15 is 0 Å². The molecule has 1 aliphatic rings. The Kier molecular flexibility index (Phi) is 12.8. The van der Waals surface area contributed by atoms with Gasteiger partial charge in [-0.05, 0) is 69.7 Å². The van der Waals surface area contributed by atoms with Gasteiger partial charge in [-0.2, -0.15) is 0 Å². The van der Waals surface area contributed by atoms with Crippen LogP contribution in [0.15, 0.2) is 24.3 Å². The number of rotatable bonds is 15. The van der Waals surface area contributed by atoms with Gasteiger partial charge in [-0.15, -0.1) is 0 Å². The third-order valence-electron chi connectivity index (χ3n) is 7.22. The minimum Gasteiger partial charge on any atom is -0.502 e. The lowest BCUT2D eigenvalue weighted by atomic mass is 10.1. The predicted molar refractivity (Wildman–Crippen MR) is 159 cm³/mol. The summed E-state index contributed by atoms with van der Waals surface area (Å²) in [6, 6.07) is 6.28. The molecular formula is C30H44N4O8. The number of carbonyl (C=O) groups excluding carboxylic acids is 2. The van der Waals surface area contributed by atoms with E-state index in [0.717, 1.165) is 58.5 Å². The number of nitrogens with zero attached hydrogens (tertiary/aromatic N) is 2. The van der Waals surface area contributed by atoms with Crippen LogP contribution < -0.4 is 34.3 Å². The van der Waals surface area contributed by atoms with E-state index < -0.39 is 0 Å². The van der Waals surface area contributed by atoms with Gasteiger partial charge in [0.2, 0.25) is 11.5 Å². The van der Waals surface area contributed by atoms with E-state index in [9.17, 15) is 14.7 Å². The maximum atomic E-state index is 12.7. The lowest BCUT2D eigenvalue weighted by molar-refractivity contribution is 0.0942. The van der Waals surface area contributed by atoms with E-state index in [0.29, 0.717) is 41.5 Å². The zero-order valence-corrected chi connectivity index (χ0v) is 25.3. The molecule has 2 amide bonds. The Morgan fingerprint density at radius 2 is 1.07 bits per heavy atom. The van der Waals surface area contributed by atoms with Crippen molar-refractivity contribution in [3.05, 3.63) is 35.4 Å². The Balaban J connectivity index is 1.35. The summed E-state index contributed by atoms with van der Waals surface area (Å²) < 4.78 is 26.3. The average Bonchev–Trinajstić information content (AvgIpc) is 3.25. The van der Waals surface area contributed by atoms with Crippen LogP contribution in [0, 0.1) is 0 Å². The molecule has 0 saturated carbocycles. The summed E-state index contributed by atoms with van der Waals surface area (Å²) in [7, 11) is 7.42. The Labute approximate surface area is 247 Å². The number of methoxy groups -OCH3 is 5. The second-order valence-corrected chi connectivity index (χ2v) is 9.90. The Hall–Kier alpha value is -3.90. The van der Waals surface area contributed by atoms with Gasteiger partial charge in [0.15, 0.2) is 23.0 Å². The molecule has 0 unspecified atom stereocenters. The summed E-state index contributed by atoms with van der Waals surface area (Å²) >= 11 is 0. The molecule has 12 heteroatoms. The van der Waals surface area contributed by atoms with Crippen LogP contribution in [0.1, 0.15) is 40.0 Å². The van der Waals surface area contributed by atoms with E-state index in [1.165, 1.54) is 47.7 Å². The van der Waals surface area contributed by atoms with Crippen LogP contribution in [-0.2, 0) is 0 Å². The minimum absolute atomic E-state index is 0.132. The second kappa shape index (κ2) is 16.5. The van der Waals surface area contributed by atoms with Crippen LogP contribution in [0.4, 0.5) is 0 Å². The molecule has 1 fully saturated rings. The largest absolute Gasteiger partial charge is 0.502 e. The highest BCUT2D eigenvalue weighted by molar-refractivity contribution is 5.96. The Bertz CT molecular complexity index is 1140. The number of amides is 2.